The van der Waals surface area contributed by atoms with Gasteiger partial charge in [-0.15, -0.1) is 0 Å². The summed E-state index contributed by atoms with van der Waals surface area (Å²) in [5, 5.41) is 0. The van der Waals surface area contributed by atoms with Crippen LogP contribution in [0.25, 0.3) is 0 Å². The summed E-state index contributed by atoms with van der Waals surface area (Å²) in [6.07, 6.45) is -0.998. The van der Waals surface area contributed by atoms with E-state index < -0.39 is 37.4 Å². The van der Waals surface area contributed by atoms with Crippen LogP contribution in [-0.2, 0) is 46.8 Å². The Morgan fingerprint density at radius 2 is 1.15 bits per heavy atom. The maximum Gasteiger partial charge on any atom is 1.00 e. The maximum absolute atomic E-state index is 11.5. The monoisotopic (exact) mass is 448 g/mol. The SMILES string of the molecule is CC(C)OS(=O)(=O)C(F)(F)F.O=S(=O)([O-])C(F)(F)F.[Ag+]. The number of hydrogen-bond donors (Lipinski definition) is 0. The molecule has 0 aromatic heterocycles. The third kappa shape index (κ3) is 9.95. The summed E-state index contributed by atoms with van der Waals surface area (Å²) < 4.78 is 117. The Balaban J connectivity index is -0.000000288. The Morgan fingerprint density at radius 1 is 0.900 bits per heavy atom. The van der Waals surface area contributed by atoms with E-state index in [9.17, 15) is 34.8 Å². The molecule has 0 radical (unpaired) electrons. The second kappa shape index (κ2) is 7.95. The van der Waals surface area contributed by atoms with Crippen molar-refractivity contribution < 1.29 is 74.3 Å². The van der Waals surface area contributed by atoms with Gasteiger partial charge < -0.3 is 4.55 Å². The summed E-state index contributed by atoms with van der Waals surface area (Å²) in [6, 6.07) is 0. The van der Waals surface area contributed by atoms with Gasteiger partial charge in [0.15, 0.2) is 10.1 Å². The van der Waals surface area contributed by atoms with Crippen LogP contribution in [0.15, 0.2) is 0 Å². The Kier molecular flexibility index (Phi) is 9.99. The molecule has 15 heteroatoms. The van der Waals surface area contributed by atoms with Crippen molar-refractivity contribution in [2.24, 2.45) is 0 Å². The van der Waals surface area contributed by atoms with Crippen LogP contribution in [0.2, 0.25) is 0 Å². The first-order valence-electron chi connectivity index (χ1n) is 3.93. The van der Waals surface area contributed by atoms with E-state index in [1.807, 2.05) is 0 Å². The van der Waals surface area contributed by atoms with Crippen molar-refractivity contribution in [3.8, 4) is 0 Å². The Hall–Kier alpha value is 0.140. The molecule has 0 aliphatic rings. The molecule has 0 heterocycles. The van der Waals surface area contributed by atoms with Crippen LogP contribution in [0, 0.1) is 0 Å². The van der Waals surface area contributed by atoms with Crippen LogP contribution >= 0.6 is 0 Å². The zero-order valence-electron chi connectivity index (χ0n) is 9.41. The van der Waals surface area contributed by atoms with Crippen molar-refractivity contribution in [3.05, 3.63) is 0 Å². The molecular formula is C5H7AgF6O6S2. The molecule has 128 valence electrons. The van der Waals surface area contributed by atoms with Crippen LogP contribution in [0.4, 0.5) is 26.3 Å². The molecular weight excluding hydrogens is 442 g/mol. The standard InChI is InChI=1S/C4H7F3O3S.CHF3O3S.Ag/c1-3(2)10-11(8,9)4(5,6)7;2-1(3,4)8(5,6)7;/h3H,1-2H3;(H,5,6,7);/q;;+1/p-1. The van der Waals surface area contributed by atoms with E-state index >= 15 is 0 Å². The van der Waals surface area contributed by atoms with Crippen LogP contribution in [-0.4, -0.2) is 38.5 Å². The van der Waals surface area contributed by atoms with Gasteiger partial charge in [0, 0.05) is 0 Å². The summed E-state index contributed by atoms with van der Waals surface area (Å²) in [5.41, 5.74) is -11.0. The molecule has 0 saturated heterocycles. The van der Waals surface area contributed by atoms with Crippen LogP contribution in [0.3, 0.4) is 0 Å². The number of halogens is 6. The van der Waals surface area contributed by atoms with Crippen molar-refractivity contribution >= 4 is 20.2 Å². The molecule has 20 heavy (non-hydrogen) atoms. The number of alkyl halides is 6. The molecule has 0 rings (SSSR count). The predicted molar refractivity (Wildman–Crippen MR) is 46.9 cm³/mol. The third-order valence-electron chi connectivity index (χ3n) is 0.886. The minimum atomic E-state index is -6.09. The number of hydrogen-bond acceptors (Lipinski definition) is 6. The van der Waals surface area contributed by atoms with Crippen LogP contribution in [0.5, 0.6) is 0 Å². The van der Waals surface area contributed by atoms with Gasteiger partial charge in [0.1, 0.15) is 0 Å². The Labute approximate surface area is 125 Å². The van der Waals surface area contributed by atoms with E-state index in [0.717, 1.165) is 0 Å². The van der Waals surface area contributed by atoms with E-state index in [-0.39, 0.29) is 22.4 Å². The van der Waals surface area contributed by atoms with Gasteiger partial charge >= 0.3 is 43.5 Å². The summed E-state index contributed by atoms with van der Waals surface area (Å²) >= 11 is 0. The maximum atomic E-state index is 11.5. The van der Waals surface area contributed by atoms with Gasteiger partial charge in [0.2, 0.25) is 0 Å². The third-order valence-corrected chi connectivity index (χ3v) is 2.66. The van der Waals surface area contributed by atoms with Gasteiger partial charge in [0.25, 0.3) is 0 Å². The first-order chi connectivity index (χ1) is 7.92. The van der Waals surface area contributed by atoms with Crippen molar-refractivity contribution in [2.75, 3.05) is 0 Å². The summed E-state index contributed by atoms with van der Waals surface area (Å²) in [5.74, 6) is 0. The first kappa shape index (κ1) is 25.1. The second-order valence-electron chi connectivity index (χ2n) is 2.94. The molecule has 0 amide bonds. The summed E-state index contributed by atoms with van der Waals surface area (Å²) in [6.45, 7) is 2.40. The molecule has 0 spiro atoms. The molecule has 0 aromatic carbocycles. The van der Waals surface area contributed by atoms with Crippen molar-refractivity contribution in [3.63, 3.8) is 0 Å². The van der Waals surface area contributed by atoms with E-state index in [2.05, 4.69) is 4.18 Å². The normalized spacial score (nSPS) is 13.3. The van der Waals surface area contributed by atoms with E-state index in [1.54, 1.807) is 0 Å². The van der Waals surface area contributed by atoms with Crippen LogP contribution in [0.1, 0.15) is 13.8 Å². The average molecular weight is 449 g/mol. The van der Waals surface area contributed by atoms with Gasteiger partial charge in [0.05, 0.1) is 6.10 Å². The molecule has 0 unspecified atom stereocenters. The quantitative estimate of drug-likeness (QED) is 0.207. The minimum Gasteiger partial charge on any atom is -0.741 e. The fourth-order valence-electron chi connectivity index (χ4n) is 0.308. The average Bonchev–Trinajstić information content (AvgIpc) is 1.94. The van der Waals surface area contributed by atoms with Crippen molar-refractivity contribution in [1.29, 1.82) is 0 Å². The summed E-state index contributed by atoms with van der Waals surface area (Å²) in [4.78, 5) is 0. The first-order valence-corrected chi connectivity index (χ1v) is 6.75. The van der Waals surface area contributed by atoms with Gasteiger partial charge in [-0.25, -0.2) is 8.42 Å². The fraction of sp³-hybridized carbons (Fsp3) is 1.00. The molecule has 0 aliphatic heterocycles. The molecule has 0 fully saturated rings. The molecule has 6 nitrogen and oxygen atoms in total. The van der Waals surface area contributed by atoms with Gasteiger partial charge in [-0.1, -0.05) is 0 Å². The van der Waals surface area contributed by atoms with Crippen LogP contribution < -0.4 is 0 Å². The van der Waals surface area contributed by atoms with Gasteiger partial charge in [-0.05, 0) is 13.8 Å². The molecule has 0 atom stereocenters. The Morgan fingerprint density at radius 3 is 1.20 bits per heavy atom. The predicted octanol–water partition coefficient (Wildman–Crippen LogP) is 1.31. The molecule has 0 bridgehead atoms. The zero-order valence-corrected chi connectivity index (χ0v) is 12.5. The second-order valence-corrected chi connectivity index (χ2v) is 5.88. The van der Waals surface area contributed by atoms with Gasteiger partial charge in [-0.2, -0.15) is 34.8 Å². The molecule has 0 aromatic rings. The minimum absolute atomic E-state index is 0. The smallest absolute Gasteiger partial charge is 0.741 e. The van der Waals surface area contributed by atoms with Crippen molar-refractivity contribution in [2.45, 2.75) is 31.0 Å². The fourth-order valence-corrected chi connectivity index (χ4v) is 0.924. The van der Waals surface area contributed by atoms with E-state index in [1.165, 1.54) is 13.8 Å². The molecule has 0 N–H and O–H groups in total. The topological polar surface area (TPSA) is 101 Å². The van der Waals surface area contributed by atoms with Gasteiger partial charge in [-0.3, -0.25) is 4.18 Å². The Bertz CT molecular complexity index is 477. The van der Waals surface area contributed by atoms with E-state index in [4.69, 9.17) is 13.0 Å². The molecule has 0 saturated carbocycles. The zero-order chi connectivity index (χ0) is 16.3. The summed E-state index contributed by atoms with van der Waals surface area (Å²) in [7, 11) is -11.5. The number of rotatable bonds is 2. The largest absolute Gasteiger partial charge is 1.00 e. The van der Waals surface area contributed by atoms with Crippen molar-refractivity contribution in [1.82, 2.24) is 0 Å². The van der Waals surface area contributed by atoms with E-state index in [0.29, 0.717) is 0 Å². The molecule has 0 aliphatic carbocycles.